The molecular formula is C4H6NiO. The monoisotopic (exact) mass is 128 g/mol. The Morgan fingerprint density at radius 3 is 2.67 bits per heavy atom. The molecule has 0 aromatic heterocycles. The molecule has 1 rings (SSSR count). The second kappa shape index (κ2) is 1.86. The molecule has 0 unspecified atom stereocenters. The van der Waals surface area contributed by atoms with Crippen molar-refractivity contribution in [3.05, 3.63) is 0 Å². The van der Waals surface area contributed by atoms with E-state index in [4.69, 9.17) is 4.74 Å². The molecule has 0 atom stereocenters. The van der Waals surface area contributed by atoms with E-state index in [9.17, 15) is 0 Å². The Morgan fingerprint density at radius 2 is 2.50 bits per heavy atom. The van der Waals surface area contributed by atoms with Crippen LogP contribution in [-0.2, 0) is 19.8 Å². The van der Waals surface area contributed by atoms with E-state index in [1.54, 1.807) is 0 Å². The first-order valence-corrected chi connectivity index (χ1v) is 2.50. The van der Waals surface area contributed by atoms with E-state index in [0.29, 0.717) is 0 Å². The molecule has 0 amide bonds. The number of hydrogen-bond donors (Lipinski definition) is 0. The van der Waals surface area contributed by atoms with Gasteiger partial charge in [0, 0.05) is 0 Å². The van der Waals surface area contributed by atoms with E-state index < -0.39 is 0 Å². The van der Waals surface area contributed by atoms with Crippen LogP contribution in [0, 0.1) is 0 Å². The molecule has 38 valence electrons. The third-order valence-corrected chi connectivity index (χ3v) is 1.14. The van der Waals surface area contributed by atoms with E-state index in [0.717, 1.165) is 24.1 Å². The molecule has 1 aliphatic rings. The zero-order chi connectivity index (χ0) is 4.41. The zero-order valence-corrected chi connectivity index (χ0v) is 4.33. The third kappa shape index (κ3) is 0.890. The summed E-state index contributed by atoms with van der Waals surface area (Å²) in [5.74, 6) is 0. The summed E-state index contributed by atoms with van der Waals surface area (Å²) in [6.45, 7) is 0.856. The second-order valence-corrected chi connectivity index (χ2v) is 1.82. The number of ether oxygens (including phenoxy) is 1. The average Bonchev–Trinajstić information content (AvgIpc) is 1.86. The van der Waals surface area contributed by atoms with Gasteiger partial charge in [-0.3, -0.25) is 0 Å². The third-order valence-electron chi connectivity index (χ3n) is 0.752. The van der Waals surface area contributed by atoms with Crippen molar-refractivity contribution >= 4 is 4.68 Å². The minimum absolute atomic E-state index is 0.829. The van der Waals surface area contributed by atoms with E-state index in [1.165, 1.54) is 0 Å². The molecule has 0 aromatic carbocycles. The Hall–Kier alpha value is 0.324. The molecule has 0 radical (unpaired) electrons. The Labute approximate surface area is 44.6 Å². The van der Waals surface area contributed by atoms with Crippen molar-refractivity contribution in [1.82, 2.24) is 0 Å². The van der Waals surface area contributed by atoms with Crippen LogP contribution in [0.1, 0.15) is 12.8 Å². The summed E-state index contributed by atoms with van der Waals surface area (Å²) < 4.78 is 5.73. The van der Waals surface area contributed by atoms with Gasteiger partial charge in [0.15, 0.2) is 0 Å². The Balaban J connectivity index is 2.37. The molecule has 1 heterocycles. The van der Waals surface area contributed by atoms with Crippen LogP contribution in [0.3, 0.4) is 0 Å². The van der Waals surface area contributed by atoms with Gasteiger partial charge in [-0.25, -0.2) is 0 Å². The van der Waals surface area contributed by atoms with Gasteiger partial charge >= 0.3 is 43.9 Å². The van der Waals surface area contributed by atoms with Crippen LogP contribution in [-0.4, -0.2) is 11.3 Å². The fraction of sp³-hybridized carbons (Fsp3) is 0.750. The Morgan fingerprint density at radius 1 is 1.67 bits per heavy atom. The molecule has 1 nitrogen and oxygen atoms in total. The van der Waals surface area contributed by atoms with Crippen molar-refractivity contribution in [1.29, 1.82) is 0 Å². The van der Waals surface area contributed by atoms with Gasteiger partial charge in [-0.2, -0.15) is 0 Å². The van der Waals surface area contributed by atoms with Crippen LogP contribution in [0.4, 0.5) is 0 Å². The summed E-state index contributed by atoms with van der Waals surface area (Å²) in [5.41, 5.74) is 0. The molecule has 0 aromatic rings. The van der Waals surface area contributed by atoms with Crippen molar-refractivity contribution in [2.24, 2.45) is 0 Å². The second-order valence-electron chi connectivity index (χ2n) is 1.27. The van der Waals surface area contributed by atoms with E-state index in [2.05, 4.69) is 15.0 Å². The Bertz CT molecular complexity index is 61.9. The first-order valence-electron chi connectivity index (χ1n) is 2.00. The molecule has 0 spiro atoms. The van der Waals surface area contributed by atoms with E-state index in [-0.39, 0.29) is 0 Å². The summed E-state index contributed by atoms with van der Waals surface area (Å²) in [5, 5.41) is 0. The van der Waals surface area contributed by atoms with Crippen molar-refractivity contribution in [3.63, 3.8) is 0 Å². The molecule has 1 fully saturated rings. The van der Waals surface area contributed by atoms with E-state index in [1.807, 2.05) is 0 Å². The normalized spacial score (nSPS) is 22.7. The quantitative estimate of drug-likeness (QED) is 0.432. The standard InChI is InChI=1S/C4H6O.Ni/c1-2-4-5-3-1;/h1-3H2;. The summed E-state index contributed by atoms with van der Waals surface area (Å²) >= 11 is 4.43. The average molecular weight is 129 g/mol. The van der Waals surface area contributed by atoms with Gasteiger partial charge < -0.3 is 0 Å². The molecule has 0 N–H and O–H groups in total. The van der Waals surface area contributed by atoms with Crippen LogP contribution in [0.5, 0.6) is 0 Å². The van der Waals surface area contributed by atoms with Gasteiger partial charge in [0.05, 0.1) is 0 Å². The molecule has 1 aliphatic heterocycles. The molecular weight excluding hydrogens is 123 g/mol. The van der Waals surface area contributed by atoms with Gasteiger partial charge in [0.1, 0.15) is 0 Å². The van der Waals surface area contributed by atoms with Crippen molar-refractivity contribution < 1.29 is 19.8 Å². The predicted octanol–water partition coefficient (Wildman–Crippen LogP) is 0.474. The first kappa shape index (κ1) is 4.48. The zero-order valence-electron chi connectivity index (χ0n) is 3.35. The molecule has 6 heavy (non-hydrogen) atoms. The van der Waals surface area contributed by atoms with Gasteiger partial charge in [-0.15, -0.1) is 0 Å². The van der Waals surface area contributed by atoms with Gasteiger partial charge in [0.25, 0.3) is 0 Å². The van der Waals surface area contributed by atoms with Crippen LogP contribution in [0.25, 0.3) is 0 Å². The summed E-state index contributed by atoms with van der Waals surface area (Å²) in [4.78, 5) is 0. The van der Waals surface area contributed by atoms with Crippen LogP contribution < -0.4 is 0 Å². The summed E-state index contributed by atoms with van der Waals surface area (Å²) in [6, 6.07) is 0. The van der Waals surface area contributed by atoms with E-state index >= 15 is 0 Å². The molecule has 0 bridgehead atoms. The summed E-state index contributed by atoms with van der Waals surface area (Å²) in [7, 11) is 0. The molecule has 0 aliphatic carbocycles. The molecule has 0 saturated carbocycles. The fourth-order valence-electron chi connectivity index (χ4n) is 0.449. The minimum atomic E-state index is 0.829. The van der Waals surface area contributed by atoms with Gasteiger partial charge in [-0.1, -0.05) is 0 Å². The topological polar surface area (TPSA) is 9.23 Å². The number of hydrogen-bond acceptors (Lipinski definition) is 1. The van der Waals surface area contributed by atoms with Crippen LogP contribution >= 0.6 is 0 Å². The molecule has 1 saturated heterocycles. The fourth-order valence-corrected chi connectivity index (χ4v) is 0.724. The Kier molecular flexibility index (Phi) is 1.39. The van der Waals surface area contributed by atoms with Crippen LogP contribution in [0.15, 0.2) is 0 Å². The molecule has 2 heteroatoms. The van der Waals surface area contributed by atoms with Gasteiger partial charge in [-0.05, 0) is 0 Å². The SMILES string of the molecule is [Ni]=[C]1CCCO1. The van der Waals surface area contributed by atoms with Gasteiger partial charge in [0.2, 0.25) is 0 Å². The van der Waals surface area contributed by atoms with Crippen LogP contribution in [0.2, 0.25) is 0 Å². The van der Waals surface area contributed by atoms with Crippen molar-refractivity contribution in [3.8, 4) is 0 Å². The van der Waals surface area contributed by atoms with Crippen molar-refractivity contribution in [2.45, 2.75) is 12.8 Å². The maximum absolute atomic E-state index is 4.90. The maximum atomic E-state index is 4.90. The number of rotatable bonds is 0. The predicted molar refractivity (Wildman–Crippen MR) is 20.2 cm³/mol. The first-order chi connectivity index (χ1) is 2.89. The summed E-state index contributed by atoms with van der Waals surface area (Å²) in [6.07, 6.45) is 2.15. The van der Waals surface area contributed by atoms with Crippen molar-refractivity contribution in [2.75, 3.05) is 6.61 Å².